The highest BCUT2D eigenvalue weighted by molar-refractivity contribution is 7.84. The predicted molar refractivity (Wildman–Crippen MR) is 39.0 cm³/mol. The summed E-state index contributed by atoms with van der Waals surface area (Å²) in [6.07, 6.45) is 0. The molecular formula is C4H9N3O4S. The van der Waals surface area contributed by atoms with E-state index in [4.69, 9.17) is 10.4 Å². The number of hydrogen-bond acceptors (Lipinski definition) is 5. The number of nitrogens with zero attached hydrogens (tertiary/aromatic N) is 1. The molecule has 1 saturated heterocycles. The third-order valence-corrected chi connectivity index (χ3v) is 2.77. The van der Waals surface area contributed by atoms with E-state index in [9.17, 15) is 13.2 Å². The van der Waals surface area contributed by atoms with Crippen LogP contribution in [0.15, 0.2) is 0 Å². The van der Waals surface area contributed by atoms with Crippen molar-refractivity contribution in [3.05, 3.63) is 0 Å². The zero-order valence-corrected chi connectivity index (χ0v) is 7.08. The average Bonchev–Trinajstić information content (AvgIpc) is 1.85. The van der Waals surface area contributed by atoms with Crippen LogP contribution in [0.4, 0.5) is 0 Å². The first-order chi connectivity index (χ1) is 5.39. The van der Waals surface area contributed by atoms with E-state index < -0.39 is 28.3 Å². The Morgan fingerprint density at radius 3 is 2.42 bits per heavy atom. The van der Waals surface area contributed by atoms with Crippen molar-refractivity contribution in [2.75, 3.05) is 0 Å². The summed E-state index contributed by atoms with van der Waals surface area (Å²) in [6.45, 7) is 1.46. The van der Waals surface area contributed by atoms with E-state index >= 15 is 0 Å². The minimum atomic E-state index is -4.42. The monoisotopic (exact) mass is 195 g/mol. The zero-order chi connectivity index (χ0) is 9.52. The standard InChI is InChI=1S/C4H9N3O4S/c1-2-3(6-5)4(8)7(2)12(9,10)11/h2-3,6H,5H2,1H3,(H,9,10,11)/t2-,3+/m1/s1. The molecule has 70 valence electrons. The zero-order valence-electron chi connectivity index (χ0n) is 6.26. The summed E-state index contributed by atoms with van der Waals surface area (Å²) >= 11 is 0. The predicted octanol–water partition coefficient (Wildman–Crippen LogP) is -2.15. The lowest BCUT2D eigenvalue weighted by molar-refractivity contribution is -0.141. The van der Waals surface area contributed by atoms with E-state index in [2.05, 4.69) is 5.43 Å². The lowest BCUT2D eigenvalue weighted by Crippen LogP contribution is -2.71. The van der Waals surface area contributed by atoms with Gasteiger partial charge >= 0.3 is 10.3 Å². The van der Waals surface area contributed by atoms with Crippen LogP contribution in [0.2, 0.25) is 0 Å². The molecule has 0 spiro atoms. The summed E-state index contributed by atoms with van der Waals surface area (Å²) in [5.74, 6) is 4.20. The second-order valence-corrected chi connectivity index (χ2v) is 3.79. The van der Waals surface area contributed by atoms with Crippen LogP contribution < -0.4 is 11.3 Å². The van der Waals surface area contributed by atoms with Gasteiger partial charge in [0.05, 0.1) is 6.04 Å². The molecule has 1 fully saturated rings. The molecule has 7 nitrogen and oxygen atoms in total. The van der Waals surface area contributed by atoms with Crippen molar-refractivity contribution in [1.29, 1.82) is 0 Å². The Bertz CT molecular complexity index is 299. The molecule has 1 aliphatic heterocycles. The minimum Gasteiger partial charge on any atom is -0.272 e. The molecule has 4 N–H and O–H groups in total. The maximum Gasteiger partial charge on any atom is 0.362 e. The van der Waals surface area contributed by atoms with Gasteiger partial charge in [-0.05, 0) is 6.92 Å². The first-order valence-electron chi connectivity index (χ1n) is 3.16. The second kappa shape index (κ2) is 2.66. The van der Waals surface area contributed by atoms with Crippen molar-refractivity contribution in [3.63, 3.8) is 0 Å². The van der Waals surface area contributed by atoms with E-state index in [-0.39, 0.29) is 0 Å². The fourth-order valence-corrected chi connectivity index (χ4v) is 2.01. The van der Waals surface area contributed by atoms with Gasteiger partial charge in [0.15, 0.2) is 0 Å². The third kappa shape index (κ3) is 1.18. The lowest BCUT2D eigenvalue weighted by Gasteiger charge is -2.41. The highest BCUT2D eigenvalue weighted by Crippen LogP contribution is 2.21. The van der Waals surface area contributed by atoms with Crippen molar-refractivity contribution in [2.24, 2.45) is 5.84 Å². The van der Waals surface area contributed by atoms with Gasteiger partial charge in [0.2, 0.25) is 0 Å². The van der Waals surface area contributed by atoms with Crippen LogP contribution in [0.5, 0.6) is 0 Å². The fourth-order valence-electron chi connectivity index (χ4n) is 1.13. The summed E-state index contributed by atoms with van der Waals surface area (Å²) in [6, 6.07) is -1.37. The van der Waals surface area contributed by atoms with Gasteiger partial charge in [0.1, 0.15) is 6.04 Å². The van der Waals surface area contributed by atoms with E-state index in [1.165, 1.54) is 6.92 Å². The quantitative estimate of drug-likeness (QED) is 0.200. The van der Waals surface area contributed by atoms with Gasteiger partial charge in [-0.1, -0.05) is 0 Å². The van der Waals surface area contributed by atoms with E-state index in [0.717, 1.165) is 0 Å². The van der Waals surface area contributed by atoms with Crippen LogP contribution in [0.3, 0.4) is 0 Å². The summed E-state index contributed by atoms with van der Waals surface area (Å²) in [4.78, 5) is 10.9. The molecule has 12 heavy (non-hydrogen) atoms. The van der Waals surface area contributed by atoms with Crippen molar-refractivity contribution in [2.45, 2.75) is 19.0 Å². The van der Waals surface area contributed by atoms with Crippen LogP contribution in [0.25, 0.3) is 0 Å². The highest BCUT2D eigenvalue weighted by atomic mass is 32.2. The molecule has 1 amide bonds. The van der Waals surface area contributed by atoms with Gasteiger partial charge in [-0.15, -0.1) is 0 Å². The molecule has 1 aliphatic rings. The molecule has 1 heterocycles. The normalized spacial score (nSPS) is 30.2. The Morgan fingerprint density at radius 1 is 1.67 bits per heavy atom. The Hall–Kier alpha value is -0.700. The minimum absolute atomic E-state index is 0.373. The van der Waals surface area contributed by atoms with Crippen molar-refractivity contribution in [1.82, 2.24) is 9.73 Å². The first-order valence-corrected chi connectivity index (χ1v) is 4.56. The lowest BCUT2D eigenvalue weighted by atomic mass is 10.0. The maximum absolute atomic E-state index is 10.9. The number of β-lactam (4-membered cyclic amide) rings is 1. The second-order valence-electron chi connectivity index (χ2n) is 2.50. The van der Waals surface area contributed by atoms with E-state index in [1.807, 2.05) is 0 Å². The third-order valence-electron chi connectivity index (χ3n) is 1.76. The van der Waals surface area contributed by atoms with Crippen LogP contribution in [-0.2, 0) is 15.1 Å². The highest BCUT2D eigenvalue weighted by Gasteiger charge is 2.50. The number of amides is 1. The number of nitrogens with two attached hydrogens (primary N) is 1. The van der Waals surface area contributed by atoms with Gasteiger partial charge in [-0.2, -0.15) is 8.42 Å². The summed E-state index contributed by atoms with van der Waals surface area (Å²) in [5.41, 5.74) is 2.14. The molecule has 0 aliphatic carbocycles. The van der Waals surface area contributed by atoms with Crippen LogP contribution in [0, 0.1) is 0 Å². The summed E-state index contributed by atoms with van der Waals surface area (Å²) in [5, 5.41) is 0. The molecule has 8 heteroatoms. The molecule has 1 rings (SSSR count). The van der Waals surface area contributed by atoms with E-state index in [0.29, 0.717) is 4.31 Å². The molecule has 0 radical (unpaired) electrons. The van der Waals surface area contributed by atoms with Crippen molar-refractivity contribution in [3.8, 4) is 0 Å². The number of hydrazine groups is 1. The van der Waals surface area contributed by atoms with Gasteiger partial charge in [-0.3, -0.25) is 15.2 Å². The Balaban J connectivity index is 2.83. The Kier molecular flexibility index (Phi) is 2.08. The molecular weight excluding hydrogens is 186 g/mol. The van der Waals surface area contributed by atoms with Crippen LogP contribution >= 0.6 is 0 Å². The number of nitrogens with one attached hydrogen (secondary N) is 1. The van der Waals surface area contributed by atoms with Crippen LogP contribution in [-0.4, -0.2) is 35.3 Å². The SMILES string of the molecule is C[C@@H]1[C@H](NN)C(=O)N1S(=O)(=O)O. The molecule has 0 unspecified atom stereocenters. The average molecular weight is 195 g/mol. The van der Waals surface area contributed by atoms with Gasteiger partial charge in [-0.25, -0.2) is 9.73 Å². The van der Waals surface area contributed by atoms with Crippen molar-refractivity contribution < 1.29 is 17.8 Å². The van der Waals surface area contributed by atoms with Crippen LogP contribution in [0.1, 0.15) is 6.92 Å². The Morgan fingerprint density at radius 2 is 2.17 bits per heavy atom. The topological polar surface area (TPSA) is 113 Å². The molecule has 0 saturated carbocycles. The van der Waals surface area contributed by atoms with Gasteiger partial charge in [0.25, 0.3) is 5.91 Å². The van der Waals surface area contributed by atoms with Gasteiger partial charge < -0.3 is 0 Å². The smallest absolute Gasteiger partial charge is 0.272 e. The van der Waals surface area contributed by atoms with Gasteiger partial charge in [0, 0.05) is 0 Å². The van der Waals surface area contributed by atoms with E-state index in [1.54, 1.807) is 0 Å². The Labute approximate surface area is 69.4 Å². The molecule has 0 bridgehead atoms. The molecule has 0 aromatic rings. The molecule has 0 aromatic heterocycles. The fraction of sp³-hybridized carbons (Fsp3) is 0.750. The number of hydrogen-bond donors (Lipinski definition) is 3. The number of carbonyl (C=O) groups is 1. The first kappa shape index (κ1) is 9.39. The maximum atomic E-state index is 10.9. The van der Waals surface area contributed by atoms with Crippen molar-refractivity contribution >= 4 is 16.2 Å². The number of rotatable bonds is 2. The summed E-state index contributed by atoms with van der Waals surface area (Å²) < 4.78 is 29.8. The largest absolute Gasteiger partial charge is 0.362 e. The molecule has 0 aromatic carbocycles. The number of carbonyl (C=O) groups excluding carboxylic acids is 1. The summed E-state index contributed by atoms with van der Waals surface area (Å²) in [7, 11) is -4.42. The molecule has 2 atom stereocenters.